The minimum Gasteiger partial charge on any atom is -0.497 e. The van der Waals surface area contributed by atoms with E-state index in [0.29, 0.717) is 11.3 Å². The summed E-state index contributed by atoms with van der Waals surface area (Å²) >= 11 is 0. The molecule has 1 atom stereocenters. The van der Waals surface area contributed by atoms with Crippen LogP contribution < -0.4 is 4.74 Å². The topological polar surface area (TPSA) is 32.7 Å². The van der Waals surface area contributed by atoms with E-state index in [-0.39, 0.29) is 0 Å². The fourth-order valence-electron chi connectivity index (χ4n) is 3.06. The first-order chi connectivity index (χ1) is 9.96. The van der Waals surface area contributed by atoms with Gasteiger partial charge in [-0.2, -0.15) is 0 Å². The van der Waals surface area contributed by atoms with Crippen LogP contribution in [0.15, 0.2) is 18.2 Å². The summed E-state index contributed by atoms with van der Waals surface area (Å²) in [5.41, 5.74) is -0.148. The lowest BCUT2D eigenvalue weighted by Gasteiger charge is -2.41. The third kappa shape index (κ3) is 3.55. The molecular weight excluding hydrogens is 269 g/mol. The highest BCUT2D eigenvalue weighted by Gasteiger charge is 2.36. The van der Waals surface area contributed by atoms with Crippen LogP contribution >= 0.6 is 0 Å². The van der Waals surface area contributed by atoms with E-state index in [4.69, 9.17) is 4.74 Å². The molecule has 0 saturated carbocycles. The predicted molar refractivity (Wildman–Crippen MR) is 82.0 cm³/mol. The van der Waals surface area contributed by atoms with Crippen LogP contribution in [0, 0.1) is 5.82 Å². The third-order valence-electron chi connectivity index (χ3n) is 4.59. The van der Waals surface area contributed by atoms with Crippen LogP contribution in [0.3, 0.4) is 0 Å². The Hall–Kier alpha value is -1.13. The van der Waals surface area contributed by atoms with Gasteiger partial charge >= 0.3 is 0 Å². The zero-order valence-corrected chi connectivity index (χ0v) is 13.2. The lowest BCUT2D eigenvalue weighted by atomic mass is 9.88. The van der Waals surface area contributed by atoms with E-state index < -0.39 is 17.5 Å². The zero-order chi connectivity index (χ0) is 15.5. The highest BCUT2D eigenvalue weighted by Crippen LogP contribution is 2.34. The van der Waals surface area contributed by atoms with Gasteiger partial charge in [-0.25, -0.2) is 4.39 Å². The number of aliphatic hydroxyl groups is 1. The number of hydrogen-bond acceptors (Lipinski definition) is 3. The first-order valence-corrected chi connectivity index (χ1v) is 7.73. The van der Waals surface area contributed by atoms with Crippen molar-refractivity contribution >= 4 is 0 Å². The van der Waals surface area contributed by atoms with Gasteiger partial charge in [0.15, 0.2) is 0 Å². The Morgan fingerprint density at radius 3 is 2.33 bits per heavy atom. The van der Waals surface area contributed by atoms with E-state index in [1.54, 1.807) is 12.1 Å². The number of rotatable bonds is 4. The first kappa shape index (κ1) is 16.2. The van der Waals surface area contributed by atoms with Crippen molar-refractivity contribution in [1.29, 1.82) is 0 Å². The molecule has 1 N–H and O–H groups in total. The fraction of sp³-hybridized carbons (Fsp3) is 0.647. The Morgan fingerprint density at radius 2 is 1.81 bits per heavy atom. The maximum atomic E-state index is 14.2. The number of nitrogens with zero attached hydrogens (tertiary/aromatic N) is 1. The molecule has 1 saturated heterocycles. The largest absolute Gasteiger partial charge is 0.497 e. The number of ether oxygens (including phenoxy) is 1. The summed E-state index contributed by atoms with van der Waals surface area (Å²) in [6, 6.07) is 4.65. The van der Waals surface area contributed by atoms with E-state index in [0.717, 1.165) is 25.9 Å². The van der Waals surface area contributed by atoms with E-state index in [1.165, 1.54) is 26.0 Å². The van der Waals surface area contributed by atoms with Gasteiger partial charge in [0.25, 0.3) is 0 Å². The van der Waals surface area contributed by atoms with Crippen LogP contribution in [0.1, 0.15) is 51.2 Å². The summed E-state index contributed by atoms with van der Waals surface area (Å²) in [6.45, 7) is 5.91. The van der Waals surface area contributed by atoms with E-state index in [9.17, 15) is 9.50 Å². The monoisotopic (exact) mass is 295 g/mol. The molecular formula is C17H26FNO2. The predicted octanol–water partition coefficient (Wildman–Crippen LogP) is 3.52. The van der Waals surface area contributed by atoms with Gasteiger partial charge in [0.2, 0.25) is 0 Å². The molecule has 0 spiro atoms. The highest BCUT2D eigenvalue weighted by molar-refractivity contribution is 5.31. The summed E-state index contributed by atoms with van der Waals surface area (Å²) in [6.07, 6.45) is 3.89. The molecule has 0 radical (unpaired) electrons. The molecule has 0 aliphatic carbocycles. The second kappa shape index (κ2) is 6.75. The van der Waals surface area contributed by atoms with Crippen LogP contribution in [0.4, 0.5) is 4.39 Å². The standard InChI is InChI=1S/C17H26FNO2/c1-17(2,19-10-6-4-5-7-11-19)16(20)14-9-8-13(21-3)12-15(14)18/h8-9,12,16,20H,4-7,10-11H2,1-3H3. The van der Waals surface area contributed by atoms with Crippen LogP contribution in [-0.4, -0.2) is 35.7 Å². The Balaban J connectivity index is 2.22. The third-order valence-corrected chi connectivity index (χ3v) is 4.59. The summed E-state index contributed by atoms with van der Waals surface area (Å²) in [5, 5.41) is 10.7. The Labute approximate surface area is 126 Å². The Kier molecular flexibility index (Phi) is 5.22. The van der Waals surface area contributed by atoms with E-state index in [1.807, 2.05) is 13.8 Å². The summed E-state index contributed by atoms with van der Waals surface area (Å²) in [7, 11) is 1.51. The van der Waals surface area contributed by atoms with Crippen LogP contribution in [-0.2, 0) is 0 Å². The number of benzene rings is 1. The Bertz CT molecular complexity index is 468. The second-order valence-electron chi connectivity index (χ2n) is 6.34. The molecule has 1 aliphatic heterocycles. The average Bonchev–Trinajstić information content (AvgIpc) is 2.76. The molecule has 118 valence electrons. The molecule has 1 aromatic carbocycles. The number of aliphatic hydroxyl groups excluding tert-OH is 1. The van der Waals surface area contributed by atoms with Crippen molar-refractivity contribution in [2.45, 2.75) is 51.2 Å². The molecule has 0 amide bonds. The summed E-state index contributed by atoms with van der Waals surface area (Å²) in [5.74, 6) is 0.0563. The van der Waals surface area contributed by atoms with Gasteiger partial charge in [0.1, 0.15) is 11.6 Å². The number of hydrogen-bond donors (Lipinski definition) is 1. The van der Waals surface area contributed by atoms with Crippen molar-refractivity contribution in [3.63, 3.8) is 0 Å². The number of methoxy groups -OCH3 is 1. The van der Waals surface area contributed by atoms with Gasteiger partial charge in [-0.15, -0.1) is 0 Å². The minimum atomic E-state index is -0.860. The summed E-state index contributed by atoms with van der Waals surface area (Å²) < 4.78 is 19.2. The van der Waals surface area contributed by atoms with Crippen molar-refractivity contribution in [1.82, 2.24) is 4.90 Å². The van der Waals surface area contributed by atoms with Gasteiger partial charge < -0.3 is 9.84 Å². The average molecular weight is 295 g/mol. The van der Waals surface area contributed by atoms with Gasteiger partial charge in [0, 0.05) is 17.2 Å². The SMILES string of the molecule is COc1ccc(C(O)C(C)(C)N2CCCCCC2)c(F)c1. The van der Waals surface area contributed by atoms with Crippen LogP contribution in [0.25, 0.3) is 0 Å². The lowest BCUT2D eigenvalue weighted by molar-refractivity contribution is -0.0118. The molecule has 1 heterocycles. The van der Waals surface area contributed by atoms with Crippen molar-refractivity contribution < 1.29 is 14.2 Å². The van der Waals surface area contributed by atoms with Crippen molar-refractivity contribution in [2.24, 2.45) is 0 Å². The van der Waals surface area contributed by atoms with Crippen molar-refractivity contribution in [3.05, 3.63) is 29.6 Å². The smallest absolute Gasteiger partial charge is 0.132 e. The fourth-order valence-corrected chi connectivity index (χ4v) is 3.06. The van der Waals surface area contributed by atoms with Gasteiger partial charge in [-0.05, 0) is 51.9 Å². The normalized spacial score (nSPS) is 19.1. The van der Waals surface area contributed by atoms with Crippen LogP contribution in [0.2, 0.25) is 0 Å². The molecule has 21 heavy (non-hydrogen) atoms. The maximum Gasteiger partial charge on any atom is 0.132 e. The molecule has 1 aromatic rings. The van der Waals surface area contributed by atoms with E-state index >= 15 is 0 Å². The van der Waals surface area contributed by atoms with Gasteiger partial charge in [-0.1, -0.05) is 12.8 Å². The van der Waals surface area contributed by atoms with Gasteiger partial charge in [0.05, 0.1) is 13.2 Å². The van der Waals surface area contributed by atoms with Crippen molar-refractivity contribution in [2.75, 3.05) is 20.2 Å². The molecule has 4 heteroatoms. The molecule has 2 rings (SSSR count). The second-order valence-corrected chi connectivity index (χ2v) is 6.34. The lowest BCUT2D eigenvalue weighted by Crippen LogP contribution is -2.49. The Morgan fingerprint density at radius 1 is 1.19 bits per heavy atom. The van der Waals surface area contributed by atoms with E-state index in [2.05, 4.69) is 4.90 Å². The minimum absolute atomic E-state index is 0.338. The molecule has 0 bridgehead atoms. The zero-order valence-electron chi connectivity index (χ0n) is 13.2. The molecule has 3 nitrogen and oxygen atoms in total. The molecule has 1 fully saturated rings. The van der Waals surface area contributed by atoms with Gasteiger partial charge in [-0.3, -0.25) is 4.90 Å². The first-order valence-electron chi connectivity index (χ1n) is 7.73. The molecule has 1 unspecified atom stereocenters. The van der Waals surface area contributed by atoms with Crippen LogP contribution in [0.5, 0.6) is 5.75 Å². The van der Waals surface area contributed by atoms with Crippen molar-refractivity contribution in [3.8, 4) is 5.75 Å². The maximum absolute atomic E-state index is 14.2. The quantitative estimate of drug-likeness (QED) is 0.922. The number of halogens is 1. The highest BCUT2D eigenvalue weighted by atomic mass is 19.1. The molecule has 1 aliphatic rings. The summed E-state index contributed by atoms with van der Waals surface area (Å²) in [4.78, 5) is 2.29. The number of likely N-dealkylation sites (tertiary alicyclic amines) is 1. The molecule has 0 aromatic heterocycles.